The molecule has 0 radical (unpaired) electrons. The summed E-state index contributed by atoms with van der Waals surface area (Å²) >= 11 is 0. The van der Waals surface area contributed by atoms with E-state index in [4.69, 9.17) is 4.74 Å². The van der Waals surface area contributed by atoms with E-state index in [-0.39, 0.29) is 17.9 Å². The largest absolute Gasteiger partial charge is 0.378 e. The highest BCUT2D eigenvalue weighted by molar-refractivity contribution is 5.76. The molecule has 4 aliphatic rings. The molecule has 0 saturated carbocycles. The Bertz CT molecular complexity index is 1300. The van der Waals surface area contributed by atoms with Gasteiger partial charge in [0, 0.05) is 49.1 Å². The third-order valence-corrected chi connectivity index (χ3v) is 8.11. The van der Waals surface area contributed by atoms with E-state index in [1.54, 1.807) is 0 Å². The number of carbonyl (C=O) groups excluding carboxylic acids is 1. The van der Waals surface area contributed by atoms with E-state index < -0.39 is 0 Å². The Labute approximate surface area is 210 Å². The number of ether oxygens (including phenoxy) is 1. The maximum absolute atomic E-state index is 12.8. The van der Waals surface area contributed by atoms with Crippen LogP contribution < -0.4 is 15.8 Å². The first-order chi connectivity index (χ1) is 17.6. The molecule has 0 unspecified atom stereocenters. The first kappa shape index (κ1) is 23.0. The first-order valence-electron chi connectivity index (χ1n) is 13.0. The maximum Gasteiger partial charge on any atom is 0.255 e. The Morgan fingerprint density at radius 1 is 1.06 bits per heavy atom. The molecule has 2 aromatic carbocycles. The van der Waals surface area contributed by atoms with E-state index in [0.29, 0.717) is 74.2 Å². The second-order valence-electron chi connectivity index (χ2n) is 10.1. The minimum absolute atomic E-state index is 0.0194. The summed E-state index contributed by atoms with van der Waals surface area (Å²) in [6.07, 6.45) is 1.70. The van der Waals surface area contributed by atoms with E-state index >= 15 is 0 Å². The number of aromatic nitrogens is 2. The van der Waals surface area contributed by atoms with Crippen LogP contribution in [0.1, 0.15) is 58.2 Å². The van der Waals surface area contributed by atoms with Gasteiger partial charge in [0.1, 0.15) is 0 Å². The summed E-state index contributed by atoms with van der Waals surface area (Å²) in [7, 11) is 0. The molecule has 7 nitrogen and oxygen atoms in total. The second kappa shape index (κ2) is 9.54. The number of hydrogen-bond acceptors (Lipinski definition) is 5. The summed E-state index contributed by atoms with van der Waals surface area (Å²) in [6.45, 7) is 5.17. The average Bonchev–Trinajstić information content (AvgIpc) is 2.92. The van der Waals surface area contributed by atoms with E-state index in [0.717, 1.165) is 6.42 Å². The highest BCUT2D eigenvalue weighted by Crippen LogP contribution is 2.55. The van der Waals surface area contributed by atoms with E-state index in [2.05, 4.69) is 63.8 Å². The quantitative estimate of drug-likeness (QED) is 0.561. The van der Waals surface area contributed by atoms with Crippen molar-refractivity contribution in [3.05, 3.63) is 92.4 Å². The Kier molecular flexibility index (Phi) is 6.09. The molecule has 2 bridgehead atoms. The van der Waals surface area contributed by atoms with Crippen LogP contribution in [0.2, 0.25) is 0 Å². The number of anilines is 1. The molecule has 1 aliphatic heterocycles. The fourth-order valence-corrected chi connectivity index (χ4v) is 6.35. The van der Waals surface area contributed by atoms with Gasteiger partial charge in [0.05, 0.1) is 13.2 Å². The Hall–Kier alpha value is -3.45. The molecule has 36 heavy (non-hydrogen) atoms. The number of fused-ring (bicyclic) bond motifs is 1. The van der Waals surface area contributed by atoms with Crippen LogP contribution in [0.15, 0.2) is 53.3 Å². The summed E-state index contributed by atoms with van der Waals surface area (Å²) in [5.41, 5.74) is 6.79. The van der Waals surface area contributed by atoms with Gasteiger partial charge in [0.2, 0.25) is 11.9 Å². The number of nitrogens with zero attached hydrogens (tertiary/aromatic N) is 2. The molecule has 2 N–H and O–H groups in total. The molecule has 7 rings (SSSR count). The molecule has 1 atom stereocenters. The molecule has 0 spiro atoms. The van der Waals surface area contributed by atoms with Gasteiger partial charge >= 0.3 is 0 Å². The predicted octanol–water partition coefficient (Wildman–Crippen LogP) is 3.26. The summed E-state index contributed by atoms with van der Waals surface area (Å²) in [4.78, 5) is 35.1. The van der Waals surface area contributed by atoms with Crippen LogP contribution >= 0.6 is 0 Å². The van der Waals surface area contributed by atoms with Gasteiger partial charge in [-0.1, -0.05) is 48.5 Å². The van der Waals surface area contributed by atoms with Crippen LogP contribution in [0.3, 0.4) is 0 Å². The molecule has 7 heteroatoms. The van der Waals surface area contributed by atoms with Crippen LogP contribution in [-0.4, -0.2) is 48.7 Å². The summed E-state index contributed by atoms with van der Waals surface area (Å²) in [5.74, 6) is 1.63. The Morgan fingerprint density at radius 3 is 2.33 bits per heavy atom. The smallest absolute Gasteiger partial charge is 0.255 e. The molecule has 1 saturated heterocycles. The normalized spacial score (nSPS) is 22.1. The number of aromatic amines is 1. The Morgan fingerprint density at radius 2 is 1.69 bits per heavy atom. The van der Waals surface area contributed by atoms with Crippen molar-refractivity contribution in [1.29, 1.82) is 0 Å². The minimum Gasteiger partial charge on any atom is -0.378 e. The second-order valence-corrected chi connectivity index (χ2v) is 10.1. The van der Waals surface area contributed by atoms with Gasteiger partial charge in [-0.2, -0.15) is 0 Å². The monoisotopic (exact) mass is 484 g/mol. The predicted molar refractivity (Wildman–Crippen MR) is 139 cm³/mol. The van der Waals surface area contributed by atoms with Gasteiger partial charge in [0.15, 0.2) is 0 Å². The van der Waals surface area contributed by atoms with Crippen LogP contribution in [0.25, 0.3) is 0 Å². The molecule has 3 aliphatic carbocycles. The zero-order chi connectivity index (χ0) is 24.6. The van der Waals surface area contributed by atoms with Crippen molar-refractivity contribution in [3.63, 3.8) is 0 Å². The number of rotatable bonds is 6. The molecule has 1 aromatic heterocycles. The lowest BCUT2D eigenvalue weighted by Gasteiger charge is -2.45. The summed E-state index contributed by atoms with van der Waals surface area (Å²) < 4.78 is 5.38. The van der Waals surface area contributed by atoms with Crippen LogP contribution in [0.4, 0.5) is 5.95 Å². The number of aryl methyl sites for hydroxylation is 1. The van der Waals surface area contributed by atoms with Crippen LogP contribution in [-0.2, 0) is 16.0 Å². The van der Waals surface area contributed by atoms with Gasteiger partial charge in [-0.15, -0.1) is 0 Å². The van der Waals surface area contributed by atoms with Crippen molar-refractivity contribution < 1.29 is 9.53 Å². The fraction of sp³-hybridized carbons (Fsp3) is 0.414. The van der Waals surface area contributed by atoms with Crippen molar-refractivity contribution in [2.45, 2.75) is 38.0 Å². The molecule has 186 valence electrons. The van der Waals surface area contributed by atoms with Gasteiger partial charge in [-0.3, -0.25) is 14.6 Å². The SMILES string of the molecule is Cc1nc(N2CCOCC2)[nH]c(=O)c1CCC(=O)NC[C@@H]1CC2c3ccccc3C1c1ccccc12. The molecule has 1 amide bonds. The number of carbonyl (C=O) groups is 1. The first-order valence-corrected chi connectivity index (χ1v) is 13.0. The highest BCUT2D eigenvalue weighted by atomic mass is 16.5. The van der Waals surface area contributed by atoms with Crippen molar-refractivity contribution >= 4 is 11.9 Å². The molecule has 2 heterocycles. The summed E-state index contributed by atoms with van der Waals surface area (Å²) in [6, 6.07) is 17.5. The van der Waals surface area contributed by atoms with Crippen molar-refractivity contribution in [3.8, 4) is 0 Å². The standard InChI is InChI=1S/C29H32N4O3/c1-18-20(28(35)32-29(31-18)33-12-14-36-15-13-33)10-11-26(34)30-17-19-16-25-21-6-2-4-8-23(21)27(19)24-9-5-3-7-22(24)25/h2-9,19,25,27H,10-17H2,1H3,(H,30,34)(H,31,32,35)/t19-,25?,27?/m0/s1. The van der Waals surface area contributed by atoms with E-state index in [1.807, 2.05) is 11.8 Å². The highest BCUT2D eigenvalue weighted by Gasteiger charge is 2.42. The zero-order valence-electron chi connectivity index (χ0n) is 20.6. The number of morpholine rings is 1. The van der Waals surface area contributed by atoms with Crippen LogP contribution in [0, 0.1) is 12.8 Å². The minimum atomic E-state index is -0.158. The third-order valence-electron chi connectivity index (χ3n) is 8.11. The number of hydrogen-bond donors (Lipinski definition) is 2. The zero-order valence-corrected chi connectivity index (χ0v) is 20.6. The van der Waals surface area contributed by atoms with Crippen molar-refractivity contribution in [1.82, 2.24) is 15.3 Å². The lowest BCUT2D eigenvalue weighted by molar-refractivity contribution is -0.121. The number of amides is 1. The molecular formula is C29H32N4O3. The van der Waals surface area contributed by atoms with Gasteiger partial charge in [-0.25, -0.2) is 4.98 Å². The van der Waals surface area contributed by atoms with Crippen LogP contribution in [0.5, 0.6) is 0 Å². The van der Waals surface area contributed by atoms with E-state index in [1.165, 1.54) is 22.3 Å². The lowest BCUT2D eigenvalue weighted by atomic mass is 9.59. The molecule has 3 aromatic rings. The van der Waals surface area contributed by atoms with E-state index in [9.17, 15) is 9.59 Å². The third kappa shape index (κ3) is 4.11. The van der Waals surface area contributed by atoms with Crippen molar-refractivity contribution in [2.75, 3.05) is 37.7 Å². The maximum atomic E-state index is 12.8. The van der Waals surface area contributed by atoms with Gasteiger partial charge in [0.25, 0.3) is 5.56 Å². The molecule has 1 fully saturated rings. The Balaban J connectivity index is 1.11. The lowest BCUT2D eigenvalue weighted by Crippen LogP contribution is -2.39. The molecular weight excluding hydrogens is 452 g/mol. The number of nitrogens with one attached hydrogen (secondary N) is 2. The topological polar surface area (TPSA) is 87.3 Å². The number of H-pyrrole nitrogens is 1. The average molecular weight is 485 g/mol. The fourth-order valence-electron chi connectivity index (χ4n) is 6.35. The summed E-state index contributed by atoms with van der Waals surface area (Å²) in [5, 5.41) is 3.18. The van der Waals surface area contributed by atoms with Gasteiger partial charge < -0.3 is 15.0 Å². The van der Waals surface area contributed by atoms with Crippen molar-refractivity contribution in [2.24, 2.45) is 5.92 Å². The number of benzene rings is 2. The van der Waals surface area contributed by atoms with Gasteiger partial charge in [-0.05, 0) is 47.9 Å².